The lowest BCUT2D eigenvalue weighted by Crippen LogP contribution is -2.31. The van der Waals surface area contributed by atoms with Crippen LogP contribution in [0.5, 0.6) is 0 Å². The molecule has 2 aromatic heterocycles. The first-order valence-electron chi connectivity index (χ1n) is 11.8. The smallest absolute Gasteiger partial charge is 0.350 e. The van der Waals surface area contributed by atoms with Gasteiger partial charge in [0.1, 0.15) is 11.9 Å². The second kappa shape index (κ2) is 9.89. The molecule has 1 atom stereocenters. The monoisotopic (exact) mass is 614 g/mol. The van der Waals surface area contributed by atoms with Crippen molar-refractivity contribution in [2.75, 3.05) is 6.61 Å². The standard InChI is InChI=1S/C26H24Br2N4O4/c1-3-35-25(34)26(9-10-26)36-22(33)8-7-20-24-30-14-15(2)32(24)21-13-18(28)17(27)12-16(21)23(31-20)19-6-4-5-11-29-19/h4-6,11-14,20H,3,7-10H2,1-2H3/t20-/m0/s1. The molecule has 3 heterocycles. The van der Waals surface area contributed by atoms with Crippen LogP contribution in [0.2, 0.25) is 0 Å². The van der Waals surface area contributed by atoms with Crippen molar-refractivity contribution in [2.24, 2.45) is 4.99 Å². The van der Waals surface area contributed by atoms with Crippen LogP contribution in [0.25, 0.3) is 5.69 Å². The number of ether oxygens (including phenoxy) is 2. The number of hydrogen-bond acceptors (Lipinski definition) is 7. The molecule has 10 heteroatoms. The lowest BCUT2D eigenvalue weighted by atomic mass is 10.0. The average molecular weight is 616 g/mol. The molecule has 36 heavy (non-hydrogen) atoms. The second-order valence-corrected chi connectivity index (χ2v) is 10.5. The van der Waals surface area contributed by atoms with Gasteiger partial charge in [0.05, 0.1) is 23.7 Å². The summed E-state index contributed by atoms with van der Waals surface area (Å²) in [6.07, 6.45) is 4.97. The third-order valence-corrected chi connectivity index (χ3v) is 8.12. The van der Waals surface area contributed by atoms with Crippen LogP contribution < -0.4 is 0 Å². The summed E-state index contributed by atoms with van der Waals surface area (Å²) in [5.74, 6) is -0.188. The van der Waals surface area contributed by atoms with Gasteiger partial charge in [-0.05, 0) is 76.4 Å². The summed E-state index contributed by atoms with van der Waals surface area (Å²) in [4.78, 5) is 39.3. The van der Waals surface area contributed by atoms with E-state index in [1.807, 2.05) is 43.5 Å². The van der Waals surface area contributed by atoms with Gasteiger partial charge in [-0.2, -0.15) is 0 Å². The van der Waals surface area contributed by atoms with E-state index in [9.17, 15) is 9.59 Å². The van der Waals surface area contributed by atoms with Crippen molar-refractivity contribution in [1.82, 2.24) is 14.5 Å². The van der Waals surface area contributed by atoms with Gasteiger partial charge in [-0.25, -0.2) is 9.78 Å². The molecular weight excluding hydrogens is 592 g/mol. The van der Waals surface area contributed by atoms with Gasteiger partial charge in [-0.1, -0.05) is 6.07 Å². The van der Waals surface area contributed by atoms with Crippen molar-refractivity contribution >= 4 is 49.5 Å². The average Bonchev–Trinajstić information content (AvgIpc) is 3.57. The minimum atomic E-state index is -1.12. The van der Waals surface area contributed by atoms with Crippen LogP contribution in [0.15, 0.2) is 56.7 Å². The van der Waals surface area contributed by atoms with Gasteiger partial charge >= 0.3 is 11.9 Å². The maximum absolute atomic E-state index is 12.8. The number of aryl methyl sites for hydroxylation is 1. The highest BCUT2D eigenvalue weighted by Crippen LogP contribution is 2.42. The predicted molar refractivity (Wildman–Crippen MR) is 140 cm³/mol. The molecule has 5 rings (SSSR count). The zero-order valence-corrected chi connectivity index (χ0v) is 23.0. The van der Waals surface area contributed by atoms with Crippen LogP contribution in [0.1, 0.15) is 61.4 Å². The number of imidazole rings is 1. The number of aliphatic imine (C=N–C) groups is 1. The Balaban J connectivity index is 1.50. The van der Waals surface area contributed by atoms with E-state index in [-0.39, 0.29) is 13.0 Å². The lowest BCUT2D eigenvalue weighted by Gasteiger charge is -2.17. The summed E-state index contributed by atoms with van der Waals surface area (Å²) >= 11 is 7.25. The molecule has 1 aliphatic heterocycles. The summed E-state index contributed by atoms with van der Waals surface area (Å²) < 4.78 is 14.5. The zero-order chi connectivity index (χ0) is 25.4. The van der Waals surface area contributed by atoms with Gasteiger partial charge in [0.2, 0.25) is 5.60 Å². The number of carbonyl (C=O) groups excluding carboxylic acids is 2. The SMILES string of the molecule is CCOC(=O)C1(OC(=O)CC[C@@H]2N=C(c3ccccn3)c3cc(Br)c(Br)cc3-n3c(C)cnc32)CC1. The molecule has 0 N–H and O–H groups in total. The molecule has 1 aromatic carbocycles. The summed E-state index contributed by atoms with van der Waals surface area (Å²) in [7, 11) is 0. The molecule has 1 saturated carbocycles. The van der Waals surface area contributed by atoms with Crippen molar-refractivity contribution in [3.63, 3.8) is 0 Å². The van der Waals surface area contributed by atoms with Crippen molar-refractivity contribution in [1.29, 1.82) is 0 Å². The highest BCUT2D eigenvalue weighted by atomic mass is 79.9. The van der Waals surface area contributed by atoms with E-state index >= 15 is 0 Å². The van der Waals surface area contributed by atoms with Gasteiger partial charge in [0.25, 0.3) is 0 Å². The molecule has 0 unspecified atom stereocenters. The number of aromatic nitrogens is 3. The zero-order valence-electron chi connectivity index (χ0n) is 19.8. The maximum Gasteiger partial charge on any atom is 0.350 e. The molecular formula is C26H24Br2N4O4. The van der Waals surface area contributed by atoms with E-state index in [1.54, 1.807) is 13.1 Å². The Hall–Kier alpha value is -2.85. The van der Waals surface area contributed by atoms with Crippen LogP contribution >= 0.6 is 31.9 Å². The number of esters is 2. The summed E-state index contributed by atoms with van der Waals surface area (Å²) in [6, 6.07) is 9.32. The molecule has 186 valence electrons. The summed E-state index contributed by atoms with van der Waals surface area (Å²) in [5.41, 5.74) is 3.09. The normalized spacial score (nSPS) is 17.3. The van der Waals surface area contributed by atoms with E-state index in [0.29, 0.717) is 25.0 Å². The third kappa shape index (κ3) is 4.64. The van der Waals surface area contributed by atoms with E-state index in [2.05, 4.69) is 46.4 Å². The molecule has 1 aliphatic carbocycles. The lowest BCUT2D eigenvalue weighted by molar-refractivity contribution is -0.171. The molecule has 2 aliphatic rings. The number of fused-ring (bicyclic) bond motifs is 3. The van der Waals surface area contributed by atoms with Gasteiger partial charge in [-0.3, -0.25) is 19.3 Å². The van der Waals surface area contributed by atoms with Gasteiger partial charge in [-0.15, -0.1) is 0 Å². The van der Waals surface area contributed by atoms with Crippen LogP contribution in [0, 0.1) is 6.92 Å². The molecule has 0 bridgehead atoms. The van der Waals surface area contributed by atoms with E-state index < -0.39 is 23.6 Å². The molecule has 8 nitrogen and oxygen atoms in total. The Morgan fingerprint density at radius 1 is 1.17 bits per heavy atom. The molecule has 0 amide bonds. The fourth-order valence-corrected chi connectivity index (χ4v) is 5.02. The minimum Gasteiger partial charge on any atom is -0.463 e. The topological polar surface area (TPSA) is 95.7 Å². The Bertz CT molecular complexity index is 1370. The maximum atomic E-state index is 12.8. The molecule has 0 saturated heterocycles. The minimum absolute atomic E-state index is 0.0838. The number of nitrogens with zero attached hydrogens (tertiary/aromatic N) is 4. The van der Waals surface area contributed by atoms with Crippen LogP contribution in [0.3, 0.4) is 0 Å². The van der Waals surface area contributed by atoms with Gasteiger partial charge in [0.15, 0.2) is 0 Å². The number of hydrogen-bond donors (Lipinski definition) is 0. The van der Waals surface area contributed by atoms with Crippen molar-refractivity contribution < 1.29 is 19.1 Å². The largest absolute Gasteiger partial charge is 0.463 e. The molecule has 0 spiro atoms. The van der Waals surface area contributed by atoms with E-state index in [4.69, 9.17) is 14.5 Å². The molecule has 0 radical (unpaired) electrons. The van der Waals surface area contributed by atoms with Crippen LogP contribution in [-0.2, 0) is 19.1 Å². The van der Waals surface area contributed by atoms with Crippen LogP contribution in [0.4, 0.5) is 0 Å². The fourth-order valence-electron chi connectivity index (χ4n) is 4.35. The van der Waals surface area contributed by atoms with Gasteiger partial charge in [0, 0.05) is 51.9 Å². The Morgan fingerprint density at radius 3 is 2.64 bits per heavy atom. The Kier molecular flexibility index (Phi) is 6.82. The van der Waals surface area contributed by atoms with Gasteiger partial charge < -0.3 is 9.47 Å². The number of pyridine rings is 1. The third-order valence-electron chi connectivity index (χ3n) is 6.27. The Morgan fingerprint density at radius 2 is 1.94 bits per heavy atom. The van der Waals surface area contributed by atoms with E-state index in [0.717, 1.165) is 37.4 Å². The van der Waals surface area contributed by atoms with Crippen LogP contribution in [-0.4, -0.2) is 44.4 Å². The molecule has 3 aromatic rings. The highest BCUT2D eigenvalue weighted by Gasteiger charge is 2.55. The van der Waals surface area contributed by atoms with E-state index in [1.165, 1.54) is 0 Å². The second-order valence-electron chi connectivity index (χ2n) is 8.81. The predicted octanol–water partition coefficient (Wildman–Crippen LogP) is 5.41. The summed E-state index contributed by atoms with van der Waals surface area (Å²) in [5, 5.41) is 0. The first-order valence-corrected chi connectivity index (χ1v) is 13.3. The van der Waals surface area contributed by atoms with Crippen molar-refractivity contribution in [2.45, 2.75) is 51.2 Å². The number of carbonyl (C=O) groups is 2. The number of benzene rings is 1. The number of rotatable bonds is 7. The first kappa shape index (κ1) is 24.8. The molecule has 1 fully saturated rings. The fraction of sp³-hybridized carbons (Fsp3) is 0.346. The quantitative estimate of drug-likeness (QED) is 0.330. The first-order chi connectivity index (χ1) is 17.3. The van der Waals surface area contributed by atoms with Crippen molar-refractivity contribution in [3.05, 3.63) is 74.4 Å². The van der Waals surface area contributed by atoms with Crippen molar-refractivity contribution in [3.8, 4) is 5.69 Å². The highest BCUT2D eigenvalue weighted by molar-refractivity contribution is 9.13. The summed E-state index contributed by atoms with van der Waals surface area (Å²) in [6.45, 7) is 3.97. The number of halogens is 2. The Labute approximate surface area is 225 Å².